The van der Waals surface area contributed by atoms with E-state index < -0.39 is 30.5 Å². The highest BCUT2D eigenvalue weighted by Crippen LogP contribution is 2.36. The molecule has 0 bridgehead atoms. The minimum atomic E-state index is -1.11. The minimum absolute atomic E-state index is 0.344. The predicted octanol–water partition coefficient (Wildman–Crippen LogP) is -0.715. The molecular formula is C11H20N2O4S. The van der Waals surface area contributed by atoms with Gasteiger partial charge in [-0.15, -0.1) is 0 Å². The molecule has 18 heavy (non-hydrogen) atoms. The molecule has 0 aromatic heterocycles. The molecule has 6 nitrogen and oxygen atoms in total. The number of nitrogens with zero attached hydrogens (tertiary/aromatic N) is 1. The Morgan fingerprint density at radius 3 is 2.72 bits per heavy atom. The average molecular weight is 276 g/mol. The first kappa shape index (κ1) is 14.1. The van der Waals surface area contributed by atoms with Crippen molar-refractivity contribution in [2.75, 3.05) is 6.54 Å². The predicted molar refractivity (Wildman–Crippen MR) is 69.5 cm³/mol. The monoisotopic (exact) mass is 276 g/mol. The molecule has 0 radical (unpaired) electrons. The molecule has 0 aromatic rings. The number of fused-ring (bicyclic) bond motifs is 1. The Labute approximate surface area is 110 Å². The summed E-state index contributed by atoms with van der Waals surface area (Å²) >= 11 is 1.39. The SMILES string of the molecule is CCNC1=NC2C(OC([C@@H](O)CC)C(O)C2O)S1. The van der Waals surface area contributed by atoms with Gasteiger partial charge in [-0.3, -0.25) is 4.99 Å². The molecule has 0 spiro atoms. The van der Waals surface area contributed by atoms with E-state index in [2.05, 4.69) is 10.3 Å². The van der Waals surface area contributed by atoms with Gasteiger partial charge >= 0.3 is 0 Å². The largest absolute Gasteiger partial charge is 0.390 e. The number of aliphatic imine (C=N–C) groups is 1. The lowest BCUT2D eigenvalue weighted by molar-refractivity contribution is -0.185. The van der Waals surface area contributed by atoms with Crippen molar-refractivity contribution in [3.05, 3.63) is 0 Å². The van der Waals surface area contributed by atoms with Crippen molar-refractivity contribution in [3.63, 3.8) is 0 Å². The van der Waals surface area contributed by atoms with Gasteiger partial charge in [0.15, 0.2) is 5.17 Å². The van der Waals surface area contributed by atoms with E-state index in [4.69, 9.17) is 4.74 Å². The van der Waals surface area contributed by atoms with Crippen molar-refractivity contribution in [2.45, 2.75) is 56.2 Å². The Kier molecular flexibility index (Phi) is 4.50. The molecule has 2 heterocycles. The van der Waals surface area contributed by atoms with E-state index in [9.17, 15) is 15.3 Å². The van der Waals surface area contributed by atoms with Crippen molar-refractivity contribution < 1.29 is 20.1 Å². The fraction of sp³-hybridized carbons (Fsp3) is 0.909. The van der Waals surface area contributed by atoms with E-state index in [1.165, 1.54) is 11.8 Å². The Morgan fingerprint density at radius 2 is 2.11 bits per heavy atom. The number of nitrogens with one attached hydrogen (secondary N) is 1. The topological polar surface area (TPSA) is 94.3 Å². The van der Waals surface area contributed by atoms with Crippen molar-refractivity contribution in [1.82, 2.24) is 5.32 Å². The molecular weight excluding hydrogens is 256 g/mol. The zero-order valence-corrected chi connectivity index (χ0v) is 11.3. The minimum Gasteiger partial charge on any atom is -0.390 e. The van der Waals surface area contributed by atoms with Crippen LogP contribution in [-0.2, 0) is 4.74 Å². The summed E-state index contributed by atoms with van der Waals surface area (Å²) in [6.07, 6.45) is -3.17. The van der Waals surface area contributed by atoms with Gasteiger partial charge in [0.2, 0.25) is 0 Å². The summed E-state index contributed by atoms with van der Waals surface area (Å²) in [6.45, 7) is 4.51. The third-order valence-electron chi connectivity index (χ3n) is 3.23. The zero-order valence-electron chi connectivity index (χ0n) is 10.5. The van der Waals surface area contributed by atoms with Crippen LogP contribution < -0.4 is 5.32 Å². The molecule has 5 unspecified atom stereocenters. The van der Waals surface area contributed by atoms with Gasteiger partial charge in [-0.05, 0) is 13.3 Å². The van der Waals surface area contributed by atoms with Crippen LogP contribution in [0.15, 0.2) is 4.99 Å². The average Bonchev–Trinajstić information content (AvgIpc) is 2.76. The second-order valence-corrected chi connectivity index (χ2v) is 5.59. The fourth-order valence-electron chi connectivity index (χ4n) is 2.17. The first-order valence-corrected chi connectivity index (χ1v) is 7.14. The van der Waals surface area contributed by atoms with Gasteiger partial charge in [0.05, 0.1) is 6.10 Å². The van der Waals surface area contributed by atoms with E-state index in [0.29, 0.717) is 11.6 Å². The molecule has 2 aliphatic rings. The molecule has 7 heteroatoms. The van der Waals surface area contributed by atoms with Crippen LogP contribution in [0.1, 0.15) is 20.3 Å². The van der Waals surface area contributed by atoms with Crippen LogP contribution in [0.3, 0.4) is 0 Å². The van der Waals surface area contributed by atoms with Crippen molar-refractivity contribution >= 4 is 16.9 Å². The number of hydrogen-bond donors (Lipinski definition) is 4. The zero-order chi connectivity index (χ0) is 13.3. The summed E-state index contributed by atoms with van der Waals surface area (Å²) in [7, 11) is 0. The molecule has 0 saturated carbocycles. The molecule has 0 aromatic carbocycles. The van der Waals surface area contributed by atoms with Crippen LogP contribution in [0.2, 0.25) is 0 Å². The van der Waals surface area contributed by atoms with Gasteiger partial charge in [-0.25, -0.2) is 0 Å². The first-order chi connectivity index (χ1) is 8.58. The second kappa shape index (κ2) is 5.75. The maximum Gasteiger partial charge on any atom is 0.159 e. The van der Waals surface area contributed by atoms with E-state index in [0.717, 1.165) is 6.54 Å². The summed E-state index contributed by atoms with van der Waals surface area (Å²) in [5.41, 5.74) is -0.344. The van der Waals surface area contributed by atoms with Crippen LogP contribution in [0.5, 0.6) is 0 Å². The summed E-state index contributed by atoms with van der Waals surface area (Å²) in [5.74, 6) is 0. The quantitative estimate of drug-likeness (QED) is 0.544. The van der Waals surface area contributed by atoms with Gasteiger partial charge < -0.3 is 25.4 Å². The van der Waals surface area contributed by atoms with Gasteiger partial charge in [-0.2, -0.15) is 0 Å². The number of thioether (sulfide) groups is 1. The van der Waals surface area contributed by atoms with E-state index in [-0.39, 0.29) is 5.44 Å². The number of hydrogen-bond acceptors (Lipinski definition) is 7. The Balaban J connectivity index is 2.09. The molecule has 104 valence electrons. The maximum absolute atomic E-state index is 10.1. The van der Waals surface area contributed by atoms with E-state index in [1.807, 2.05) is 13.8 Å². The maximum atomic E-state index is 10.1. The Hall–Kier alpha value is -0.340. The molecule has 6 atom stereocenters. The highest BCUT2D eigenvalue weighted by molar-refractivity contribution is 8.14. The summed E-state index contributed by atoms with van der Waals surface area (Å²) < 4.78 is 5.67. The van der Waals surface area contributed by atoms with Crippen LogP contribution in [0.25, 0.3) is 0 Å². The third kappa shape index (κ3) is 2.50. The summed E-state index contributed by atoms with van der Waals surface area (Å²) in [6, 6.07) is -0.473. The van der Waals surface area contributed by atoms with Crippen molar-refractivity contribution in [3.8, 4) is 0 Å². The molecule has 1 saturated heterocycles. The number of amidine groups is 1. The van der Waals surface area contributed by atoms with Crippen LogP contribution in [0.4, 0.5) is 0 Å². The molecule has 0 amide bonds. The smallest absolute Gasteiger partial charge is 0.159 e. The lowest BCUT2D eigenvalue weighted by atomic mass is 9.94. The van der Waals surface area contributed by atoms with Gasteiger partial charge in [-0.1, -0.05) is 18.7 Å². The van der Waals surface area contributed by atoms with Gasteiger partial charge in [0.25, 0.3) is 0 Å². The molecule has 1 fully saturated rings. The Morgan fingerprint density at radius 1 is 1.39 bits per heavy atom. The number of rotatable bonds is 3. The lowest BCUT2D eigenvalue weighted by Gasteiger charge is -2.40. The number of aliphatic hydroxyl groups excluding tert-OH is 3. The molecule has 0 aliphatic carbocycles. The highest BCUT2D eigenvalue weighted by Gasteiger charge is 2.49. The van der Waals surface area contributed by atoms with Crippen LogP contribution in [-0.4, -0.2) is 62.9 Å². The summed E-state index contributed by atoms with van der Waals surface area (Å²) in [5, 5.41) is 33.6. The number of ether oxygens (including phenoxy) is 1. The van der Waals surface area contributed by atoms with Crippen LogP contribution >= 0.6 is 11.8 Å². The molecule has 2 rings (SSSR count). The number of aliphatic hydroxyl groups is 3. The molecule has 2 aliphatic heterocycles. The second-order valence-electron chi connectivity index (χ2n) is 4.50. The van der Waals surface area contributed by atoms with E-state index >= 15 is 0 Å². The van der Waals surface area contributed by atoms with Crippen molar-refractivity contribution in [2.24, 2.45) is 4.99 Å². The van der Waals surface area contributed by atoms with E-state index in [1.54, 1.807) is 0 Å². The Bertz CT molecular complexity index is 328. The normalized spacial score (nSPS) is 41.2. The van der Waals surface area contributed by atoms with Gasteiger partial charge in [0.1, 0.15) is 29.8 Å². The lowest BCUT2D eigenvalue weighted by Crippen LogP contribution is -2.58. The third-order valence-corrected chi connectivity index (χ3v) is 4.32. The first-order valence-electron chi connectivity index (χ1n) is 6.26. The summed E-state index contributed by atoms with van der Waals surface area (Å²) in [4.78, 5) is 4.30. The van der Waals surface area contributed by atoms with Gasteiger partial charge in [0, 0.05) is 6.54 Å². The highest BCUT2D eigenvalue weighted by atomic mass is 32.2. The molecule has 4 N–H and O–H groups in total. The standard InChI is InChI=1S/C11H20N2O4S/c1-3-5(14)9-8(16)7(15)6-10(17-9)18-11(13-6)12-4-2/h5-10,14-16H,3-4H2,1-2H3,(H,12,13)/t5-,6?,7?,8?,9?,10?/m0/s1. The van der Waals surface area contributed by atoms with Crippen LogP contribution in [0, 0.1) is 0 Å². The fourth-order valence-corrected chi connectivity index (χ4v) is 3.35. The van der Waals surface area contributed by atoms with Crippen molar-refractivity contribution in [1.29, 1.82) is 0 Å².